The highest BCUT2D eigenvalue weighted by molar-refractivity contribution is 6.20. The largest absolute Gasteiger partial charge is 0.383 e. The van der Waals surface area contributed by atoms with Crippen LogP contribution in [0.5, 0.6) is 0 Å². The number of nitrogens with zero attached hydrogens (tertiary/aromatic N) is 1. The van der Waals surface area contributed by atoms with Crippen molar-refractivity contribution in [2.24, 2.45) is 0 Å². The molecule has 17 heavy (non-hydrogen) atoms. The van der Waals surface area contributed by atoms with Crippen molar-refractivity contribution in [3.8, 4) is 0 Å². The van der Waals surface area contributed by atoms with E-state index in [-0.39, 0.29) is 5.38 Å². The topological polar surface area (TPSA) is 12.5 Å². The summed E-state index contributed by atoms with van der Waals surface area (Å²) in [6, 6.07) is 10.6. The highest BCUT2D eigenvalue weighted by Gasteiger charge is 2.07. The Bertz CT molecular complexity index is 292. The van der Waals surface area contributed by atoms with Gasteiger partial charge in [0, 0.05) is 13.7 Å². The van der Waals surface area contributed by atoms with Crippen molar-refractivity contribution in [2.45, 2.75) is 18.2 Å². The second kappa shape index (κ2) is 8.51. The van der Waals surface area contributed by atoms with E-state index >= 15 is 0 Å². The zero-order chi connectivity index (χ0) is 12.5. The van der Waals surface area contributed by atoms with E-state index in [0.29, 0.717) is 6.61 Å². The lowest BCUT2D eigenvalue weighted by Crippen LogP contribution is -2.29. The predicted molar refractivity (Wildman–Crippen MR) is 73.8 cm³/mol. The third-order valence-corrected chi connectivity index (χ3v) is 2.97. The van der Waals surface area contributed by atoms with Gasteiger partial charge >= 0.3 is 0 Å². The lowest BCUT2D eigenvalue weighted by Gasteiger charge is -2.19. The summed E-state index contributed by atoms with van der Waals surface area (Å²) in [5.41, 5.74) is 1.40. The Balaban J connectivity index is 2.14. The average molecular weight is 256 g/mol. The Morgan fingerprint density at radius 3 is 2.65 bits per heavy atom. The van der Waals surface area contributed by atoms with E-state index in [4.69, 9.17) is 16.3 Å². The molecule has 1 aromatic rings. The number of ether oxygens (including phenoxy) is 1. The molecule has 0 amide bonds. The fraction of sp³-hybridized carbons (Fsp3) is 0.571. The number of benzene rings is 1. The second-order valence-electron chi connectivity index (χ2n) is 4.40. The van der Waals surface area contributed by atoms with Crippen molar-refractivity contribution >= 4 is 11.6 Å². The molecule has 96 valence electrons. The Morgan fingerprint density at radius 1 is 1.29 bits per heavy atom. The van der Waals surface area contributed by atoms with Crippen LogP contribution in [0.3, 0.4) is 0 Å². The lowest BCUT2D eigenvalue weighted by molar-refractivity contribution is 0.182. The number of hydrogen-bond donors (Lipinski definition) is 0. The van der Waals surface area contributed by atoms with Crippen LogP contribution in [0.2, 0.25) is 0 Å². The summed E-state index contributed by atoms with van der Waals surface area (Å²) in [6.07, 6.45) is 2.29. The Kier molecular flexibility index (Phi) is 7.25. The van der Waals surface area contributed by atoms with E-state index in [0.717, 1.165) is 25.9 Å². The summed E-state index contributed by atoms with van der Waals surface area (Å²) >= 11 is 6.11. The molecule has 0 aliphatic rings. The molecule has 0 aromatic heterocycles. The van der Waals surface area contributed by atoms with Gasteiger partial charge in [-0.1, -0.05) is 30.3 Å². The van der Waals surface area contributed by atoms with Gasteiger partial charge in [0.2, 0.25) is 0 Å². The normalized spacial score (nSPS) is 12.9. The molecule has 0 aliphatic heterocycles. The van der Waals surface area contributed by atoms with E-state index in [1.165, 1.54) is 5.56 Å². The van der Waals surface area contributed by atoms with Gasteiger partial charge in [-0.25, -0.2) is 0 Å². The lowest BCUT2D eigenvalue weighted by atomic mass is 10.1. The van der Waals surface area contributed by atoms with Gasteiger partial charge in [-0.2, -0.15) is 0 Å². The average Bonchev–Trinajstić information content (AvgIpc) is 2.30. The molecular weight excluding hydrogens is 234 g/mol. The molecule has 0 N–H and O–H groups in total. The van der Waals surface area contributed by atoms with Crippen molar-refractivity contribution in [3.05, 3.63) is 35.9 Å². The fourth-order valence-electron chi connectivity index (χ4n) is 1.86. The summed E-state index contributed by atoms with van der Waals surface area (Å²) in [5, 5.41) is 0.0849. The van der Waals surface area contributed by atoms with Crippen LogP contribution in [0, 0.1) is 0 Å². The molecule has 0 saturated heterocycles. The molecular formula is C14H22ClNO. The molecule has 1 unspecified atom stereocenters. The maximum absolute atomic E-state index is 6.11. The number of rotatable bonds is 8. The van der Waals surface area contributed by atoms with Gasteiger partial charge in [-0.3, -0.25) is 0 Å². The molecule has 1 aromatic carbocycles. The smallest absolute Gasteiger partial charge is 0.0696 e. The zero-order valence-corrected chi connectivity index (χ0v) is 11.5. The van der Waals surface area contributed by atoms with E-state index in [2.05, 4.69) is 42.3 Å². The number of methoxy groups -OCH3 is 1. The molecule has 0 spiro atoms. The third kappa shape index (κ3) is 6.67. The van der Waals surface area contributed by atoms with Gasteiger partial charge in [-0.15, -0.1) is 11.6 Å². The van der Waals surface area contributed by atoms with Crippen molar-refractivity contribution in [1.82, 2.24) is 4.90 Å². The summed E-state index contributed by atoms with van der Waals surface area (Å²) in [4.78, 5) is 2.26. The van der Waals surface area contributed by atoms with E-state index < -0.39 is 0 Å². The van der Waals surface area contributed by atoms with Crippen molar-refractivity contribution in [3.63, 3.8) is 0 Å². The van der Waals surface area contributed by atoms with Gasteiger partial charge < -0.3 is 9.64 Å². The predicted octanol–water partition coefficient (Wildman–Crippen LogP) is 2.80. The van der Waals surface area contributed by atoms with Crippen molar-refractivity contribution < 1.29 is 4.74 Å². The minimum atomic E-state index is 0.0849. The number of alkyl halides is 1. The monoisotopic (exact) mass is 255 g/mol. The molecule has 2 nitrogen and oxygen atoms in total. The summed E-state index contributed by atoms with van der Waals surface area (Å²) in [5.74, 6) is 0. The van der Waals surface area contributed by atoms with Gasteiger partial charge in [-0.05, 0) is 32.0 Å². The highest BCUT2D eigenvalue weighted by Crippen LogP contribution is 2.04. The van der Waals surface area contributed by atoms with Crippen LogP contribution in [0.25, 0.3) is 0 Å². The van der Waals surface area contributed by atoms with Crippen LogP contribution >= 0.6 is 11.6 Å². The summed E-state index contributed by atoms with van der Waals surface area (Å²) in [6.45, 7) is 2.57. The van der Waals surface area contributed by atoms with Crippen LogP contribution in [0.4, 0.5) is 0 Å². The third-order valence-electron chi connectivity index (χ3n) is 2.71. The second-order valence-corrected chi connectivity index (χ2v) is 5.02. The Hall–Kier alpha value is -0.570. The first kappa shape index (κ1) is 14.5. The molecule has 0 fully saturated rings. The molecule has 0 heterocycles. The Morgan fingerprint density at radius 2 is 2.00 bits per heavy atom. The first-order valence-corrected chi connectivity index (χ1v) is 6.51. The van der Waals surface area contributed by atoms with Crippen LogP contribution in [0.1, 0.15) is 12.0 Å². The quantitative estimate of drug-likeness (QED) is 0.663. The Labute approximate surface area is 110 Å². The maximum Gasteiger partial charge on any atom is 0.0696 e. The first-order valence-electron chi connectivity index (χ1n) is 6.08. The summed E-state index contributed by atoms with van der Waals surface area (Å²) < 4.78 is 5.02. The SMILES string of the molecule is COCC(Cl)CN(C)CCCc1ccccc1. The van der Waals surface area contributed by atoms with Crippen LogP contribution < -0.4 is 0 Å². The van der Waals surface area contributed by atoms with Crippen LogP contribution in [-0.4, -0.2) is 44.1 Å². The van der Waals surface area contributed by atoms with E-state index in [1.54, 1.807) is 7.11 Å². The van der Waals surface area contributed by atoms with Crippen LogP contribution in [-0.2, 0) is 11.2 Å². The first-order chi connectivity index (χ1) is 8.22. The number of aryl methyl sites for hydroxylation is 1. The number of hydrogen-bond acceptors (Lipinski definition) is 2. The maximum atomic E-state index is 6.11. The molecule has 3 heteroatoms. The van der Waals surface area contributed by atoms with E-state index in [9.17, 15) is 0 Å². The van der Waals surface area contributed by atoms with Crippen molar-refractivity contribution in [1.29, 1.82) is 0 Å². The van der Waals surface area contributed by atoms with Gasteiger partial charge in [0.1, 0.15) is 0 Å². The zero-order valence-electron chi connectivity index (χ0n) is 10.7. The molecule has 0 aliphatic carbocycles. The van der Waals surface area contributed by atoms with Crippen LogP contribution in [0.15, 0.2) is 30.3 Å². The summed E-state index contributed by atoms with van der Waals surface area (Å²) in [7, 11) is 3.79. The molecule has 0 saturated carbocycles. The highest BCUT2D eigenvalue weighted by atomic mass is 35.5. The number of halogens is 1. The standard InChI is InChI=1S/C14H22ClNO/c1-16(11-14(15)12-17-2)10-6-9-13-7-4-3-5-8-13/h3-5,7-8,14H,6,9-12H2,1-2H3. The van der Waals surface area contributed by atoms with Gasteiger partial charge in [0.25, 0.3) is 0 Å². The van der Waals surface area contributed by atoms with Crippen molar-refractivity contribution in [2.75, 3.05) is 33.9 Å². The minimum Gasteiger partial charge on any atom is -0.383 e. The fourth-order valence-corrected chi connectivity index (χ4v) is 2.22. The minimum absolute atomic E-state index is 0.0849. The molecule has 1 atom stereocenters. The van der Waals surface area contributed by atoms with E-state index in [1.807, 2.05) is 0 Å². The van der Waals surface area contributed by atoms with Gasteiger partial charge in [0.15, 0.2) is 0 Å². The van der Waals surface area contributed by atoms with Gasteiger partial charge in [0.05, 0.1) is 12.0 Å². The molecule has 0 bridgehead atoms. The molecule has 0 radical (unpaired) electrons. The molecule has 1 rings (SSSR count).